The van der Waals surface area contributed by atoms with Crippen LogP contribution in [0, 0.1) is 5.92 Å². The monoisotopic (exact) mass is 355 g/mol. The molecule has 1 aliphatic heterocycles. The Labute approximate surface area is 149 Å². The van der Waals surface area contributed by atoms with Crippen LogP contribution in [0.25, 0.3) is 10.9 Å². The van der Waals surface area contributed by atoms with Crippen LogP contribution < -0.4 is 10.6 Å². The first kappa shape index (κ1) is 19.7. The van der Waals surface area contributed by atoms with Crippen LogP contribution in [0.3, 0.4) is 0 Å². The highest BCUT2D eigenvalue weighted by atomic mass is 35.5. The van der Waals surface area contributed by atoms with Gasteiger partial charge in [0, 0.05) is 24.5 Å². The van der Waals surface area contributed by atoms with Gasteiger partial charge in [-0.15, -0.1) is 24.8 Å². The quantitative estimate of drug-likeness (QED) is 0.866. The summed E-state index contributed by atoms with van der Waals surface area (Å²) in [6.07, 6.45) is 4.63. The van der Waals surface area contributed by atoms with Crippen LogP contribution in [0.2, 0.25) is 0 Å². The van der Waals surface area contributed by atoms with Crippen LogP contribution in [-0.2, 0) is 11.3 Å². The Kier molecular flexibility index (Phi) is 8.31. The normalized spacial score (nSPS) is 16.4. The van der Waals surface area contributed by atoms with Crippen LogP contribution in [0.5, 0.6) is 0 Å². The highest BCUT2D eigenvalue weighted by Crippen LogP contribution is 2.15. The van der Waals surface area contributed by atoms with Crippen LogP contribution in [-0.4, -0.2) is 24.0 Å². The van der Waals surface area contributed by atoms with Crippen molar-refractivity contribution in [1.29, 1.82) is 0 Å². The van der Waals surface area contributed by atoms with Gasteiger partial charge in [-0.2, -0.15) is 0 Å². The molecule has 126 valence electrons. The molecule has 0 radical (unpaired) electrons. The molecule has 0 spiro atoms. The molecule has 1 aliphatic rings. The number of aromatic nitrogens is 1. The molecule has 1 fully saturated rings. The number of fused-ring (bicyclic) bond motifs is 1. The summed E-state index contributed by atoms with van der Waals surface area (Å²) in [6, 6.07) is 10.1. The molecule has 1 saturated heterocycles. The number of halogens is 2. The van der Waals surface area contributed by atoms with Crippen molar-refractivity contribution >= 4 is 41.6 Å². The van der Waals surface area contributed by atoms with E-state index < -0.39 is 0 Å². The van der Waals surface area contributed by atoms with Gasteiger partial charge in [-0.25, -0.2) is 0 Å². The molecule has 2 N–H and O–H groups in total. The van der Waals surface area contributed by atoms with Crippen LogP contribution >= 0.6 is 24.8 Å². The van der Waals surface area contributed by atoms with E-state index in [9.17, 15) is 4.79 Å². The standard InChI is InChI=1S/C17H21N3O.2ClH/c21-17(6-5-13-7-8-18-10-13)20-12-14-9-15-3-1-2-4-16(15)19-11-14;;/h1-4,9,11,13,18H,5-8,10,12H2,(H,20,21);2*1H. The lowest BCUT2D eigenvalue weighted by Crippen LogP contribution is -2.23. The van der Waals surface area contributed by atoms with E-state index >= 15 is 0 Å². The maximum Gasteiger partial charge on any atom is 0.220 e. The van der Waals surface area contributed by atoms with Gasteiger partial charge in [-0.3, -0.25) is 9.78 Å². The fraction of sp³-hybridized carbons (Fsp3) is 0.412. The van der Waals surface area contributed by atoms with E-state index in [0.29, 0.717) is 18.9 Å². The van der Waals surface area contributed by atoms with Crippen LogP contribution in [0.4, 0.5) is 0 Å². The third kappa shape index (κ3) is 5.65. The minimum atomic E-state index is 0. The number of para-hydroxylation sites is 1. The second kappa shape index (κ2) is 9.71. The Bertz CT molecular complexity index is 630. The summed E-state index contributed by atoms with van der Waals surface area (Å²) in [6.45, 7) is 2.70. The summed E-state index contributed by atoms with van der Waals surface area (Å²) in [4.78, 5) is 16.3. The van der Waals surface area contributed by atoms with E-state index in [4.69, 9.17) is 0 Å². The molecule has 3 rings (SSSR count). The van der Waals surface area contributed by atoms with Crippen molar-refractivity contribution in [2.45, 2.75) is 25.8 Å². The van der Waals surface area contributed by atoms with Gasteiger partial charge in [0.2, 0.25) is 5.91 Å². The third-order valence-corrected chi connectivity index (χ3v) is 4.08. The molecule has 1 aromatic carbocycles. The number of carbonyl (C=O) groups excluding carboxylic acids is 1. The van der Waals surface area contributed by atoms with Gasteiger partial charge in [0.15, 0.2) is 0 Å². The third-order valence-electron chi connectivity index (χ3n) is 4.08. The number of pyridine rings is 1. The van der Waals surface area contributed by atoms with Crippen LogP contribution in [0.15, 0.2) is 36.5 Å². The highest BCUT2D eigenvalue weighted by molar-refractivity contribution is 5.85. The maximum atomic E-state index is 11.9. The summed E-state index contributed by atoms with van der Waals surface area (Å²) in [5.74, 6) is 0.799. The van der Waals surface area contributed by atoms with Crippen molar-refractivity contribution < 1.29 is 4.79 Å². The number of amides is 1. The average molecular weight is 356 g/mol. The summed E-state index contributed by atoms with van der Waals surface area (Å²) >= 11 is 0. The van der Waals surface area contributed by atoms with Gasteiger partial charge in [0.1, 0.15) is 0 Å². The minimum absolute atomic E-state index is 0. The predicted octanol–water partition coefficient (Wildman–Crippen LogP) is 3.08. The first-order chi connectivity index (χ1) is 10.3. The molecule has 1 unspecified atom stereocenters. The number of nitrogens with zero attached hydrogens (tertiary/aromatic N) is 1. The van der Waals surface area contributed by atoms with Gasteiger partial charge in [0.25, 0.3) is 0 Å². The average Bonchev–Trinajstić information content (AvgIpc) is 3.04. The van der Waals surface area contributed by atoms with Crippen molar-refractivity contribution in [3.05, 3.63) is 42.1 Å². The Morgan fingerprint density at radius 2 is 2.13 bits per heavy atom. The molecule has 1 amide bonds. The molecular formula is C17H23Cl2N3O. The molecule has 1 aromatic heterocycles. The summed E-state index contributed by atoms with van der Waals surface area (Å²) < 4.78 is 0. The van der Waals surface area contributed by atoms with E-state index in [-0.39, 0.29) is 30.7 Å². The summed E-state index contributed by atoms with van der Waals surface area (Å²) in [7, 11) is 0. The SMILES string of the molecule is Cl.Cl.O=C(CCC1CCNC1)NCc1cnc2ccccc2c1. The second-order valence-electron chi connectivity index (χ2n) is 5.71. The fourth-order valence-electron chi connectivity index (χ4n) is 2.80. The van der Waals surface area contributed by atoms with Crippen molar-refractivity contribution in [2.75, 3.05) is 13.1 Å². The van der Waals surface area contributed by atoms with Gasteiger partial charge in [-0.1, -0.05) is 18.2 Å². The van der Waals surface area contributed by atoms with Gasteiger partial charge >= 0.3 is 0 Å². The van der Waals surface area contributed by atoms with Crippen molar-refractivity contribution in [3.63, 3.8) is 0 Å². The molecule has 2 aromatic rings. The molecule has 2 heterocycles. The van der Waals surface area contributed by atoms with Crippen LogP contribution in [0.1, 0.15) is 24.8 Å². The maximum absolute atomic E-state index is 11.9. The number of benzene rings is 1. The number of hydrogen-bond donors (Lipinski definition) is 2. The lowest BCUT2D eigenvalue weighted by Gasteiger charge is -2.09. The Morgan fingerprint density at radius 3 is 2.91 bits per heavy atom. The van der Waals surface area contributed by atoms with E-state index in [0.717, 1.165) is 36.0 Å². The molecule has 1 atom stereocenters. The molecule has 0 saturated carbocycles. The van der Waals surface area contributed by atoms with E-state index in [1.807, 2.05) is 30.5 Å². The smallest absolute Gasteiger partial charge is 0.220 e. The zero-order valence-electron chi connectivity index (χ0n) is 13.0. The van der Waals surface area contributed by atoms with E-state index in [1.54, 1.807) is 0 Å². The lowest BCUT2D eigenvalue weighted by atomic mass is 10.0. The van der Waals surface area contributed by atoms with Gasteiger partial charge in [0.05, 0.1) is 5.52 Å². The Morgan fingerprint density at radius 1 is 1.30 bits per heavy atom. The summed E-state index contributed by atoms with van der Waals surface area (Å²) in [5, 5.41) is 7.43. The molecule has 6 heteroatoms. The first-order valence-corrected chi connectivity index (χ1v) is 7.62. The molecule has 4 nitrogen and oxygen atoms in total. The molecule has 0 aliphatic carbocycles. The molecule has 0 bridgehead atoms. The Hall–Kier alpha value is -1.36. The minimum Gasteiger partial charge on any atom is -0.352 e. The second-order valence-corrected chi connectivity index (χ2v) is 5.71. The Balaban J connectivity index is 0.00000132. The van der Waals surface area contributed by atoms with E-state index in [1.165, 1.54) is 6.42 Å². The first-order valence-electron chi connectivity index (χ1n) is 7.62. The number of carbonyl (C=O) groups is 1. The molecular weight excluding hydrogens is 333 g/mol. The van der Waals surface area contributed by atoms with Gasteiger partial charge in [-0.05, 0) is 49.5 Å². The number of nitrogens with one attached hydrogen (secondary N) is 2. The zero-order chi connectivity index (χ0) is 14.5. The van der Waals surface area contributed by atoms with Crippen molar-refractivity contribution in [3.8, 4) is 0 Å². The topological polar surface area (TPSA) is 54.0 Å². The fourth-order valence-corrected chi connectivity index (χ4v) is 2.80. The zero-order valence-corrected chi connectivity index (χ0v) is 14.6. The van der Waals surface area contributed by atoms with Crippen molar-refractivity contribution in [2.24, 2.45) is 5.92 Å². The van der Waals surface area contributed by atoms with Gasteiger partial charge < -0.3 is 10.6 Å². The molecule has 23 heavy (non-hydrogen) atoms. The largest absolute Gasteiger partial charge is 0.352 e. The predicted molar refractivity (Wildman–Crippen MR) is 98.3 cm³/mol. The number of rotatable bonds is 5. The van der Waals surface area contributed by atoms with E-state index in [2.05, 4.69) is 21.7 Å². The van der Waals surface area contributed by atoms with Crippen molar-refractivity contribution in [1.82, 2.24) is 15.6 Å². The summed E-state index contributed by atoms with van der Waals surface area (Å²) in [5.41, 5.74) is 2.03. The lowest BCUT2D eigenvalue weighted by molar-refractivity contribution is -0.121. The highest BCUT2D eigenvalue weighted by Gasteiger charge is 2.15. The number of hydrogen-bond acceptors (Lipinski definition) is 3.